The molecule has 0 unspecified atom stereocenters. The predicted octanol–water partition coefficient (Wildman–Crippen LogP) is 0.551. The van der Waals surface area contributed by atoms with E-state index in [0.717, 1.165) is 24.2 Å². The Morgan fingerprint density at radius 1 is 1.07 bits per heavy atom. The number of piperazine rings is 1. The molecule has 0 radical (unpaired) electrons. The number of quaternary nitrogens is 2. The highest BCUT2D eigenvalue weighted by Gasteiger charge is 2.30. The fraction of sp³-hybridized carbons (Fsp3) is 0.348. The Labute approximate surface area is 175 Å². The number of hydrogen-bond donors (Lipinski definition) is 3. The molecule has 0 saturated carbocycles. The summed E-state index contributed by atoms with van der Waals surface area (Å²) in [6.45, 7) is 5.31. The van der Waals surface area contributed by atoms with Crippen LogP contribution in [0.15, 0.2) is 60.0 Å². The molecule has 2 heterocycles. The van der Waals surface area contributed by atoms with Crippen LogP contribution >= 0.6 is 11.3 Å². The number of rotatable bonds is 7. The summed E-state index contributed by atoms with van der Waals surface area (Å²) in [6.07, 6.45) is 0. The number of nitrogens with one attached hydrogen (secondary N) is 3. The van der Waals surface area contributed by atoms with E-state index < -0.39 is 0 Å². The van der Waals surface area contributed by atoms with Crippen LogP contribution in [-0.2, 0) is 4.79 Å². The van der Waals surface area contributed by atoms with E-state index in [0.29, 0.717) is 12.6 Å². The molecular weight excluding hydrogens is 382 g/mol. The fourth-order valence-corrected chi connectivity index (χ4v) is 4.84. The molecule has 1 aromatic heterocycles. The monoisotopic (exact) mass is 411 g/mol. The van der Waals surface area contributed by atoms with Crippen molar-refractivity contribution in [2.45, 2.75) is 6.04 Å². The lowest BCUT2D eigenvalue weighted by Crippen LogP contribution is -3.27. The van der Waals surface area contributed by atoms with E-state index in [2.05, 4.69) is 42.0 Å². The summed E-state index contributed by atoms with van der Waals surface area (Å²) in [5.74, 6) is 0.653. The molecule has 2 aromatic carbocycles. The van der Waals surface area contributed by atoms with Gasteiger partial charge in [0.25, 0.3) is 5.91 Å². The maximum Gasteiger partial charge on any atom is 0.258 e. The number of carbonyl (C=O) groups is 1. The number of ether oxygens (including phenoxy) is 1. The number of fused-ring (bicyclic) bond motifs is 1. The Balaban J connectivity index is 1.32. The summed E-state index contributed by atoms with van der Waals surface area (Å²) >= 11 is 1.78. The van der Waals surface area contributed by atoms with Gasteiger partial charge in [0.2, 0.25) is 0 Å². The SMILES string of the molecule is C[NH+]1CC[NH+]([C@@H](CNC(=O)COc2ccc3ccccc3c2)c2cccs2)CC1. The van der Waals surface area contributed by atoms with Gasteiger partial charge in [-0.25, -0.2) is 0 Å². The Bertz CT molecular complexity index is 936. The number of carbonyl (C=O) groups excluding carboxylic acids is 1. The molecule has 1 fully saturated rings. The maximum absolute atomic E-state index is 12.4. The van der Waals surface area contributed by atoms with Crippen molar-refractivity contribution in [2.24, 2.45) is 0 Å². The van der Waals surface area contributed by atoms with Crippen molar-refractivity contribution in [1.82, 2.24) is 5.32 Å². The van der Waals surface area contributed by atoms with E-state index in [-0.39, 0.29) is 12.5 Å². The van der Waals surface area contributed by atoms with E-state index in [1.54, 1.807) is 21.1 Å². The highest BCUT2D eigenvalue weighted by atomic mass is 32.1. The molecule has 1 atom stereocenters. The number of likely N-dealkylation sites (N-methyl/N-ethyl adjacent to an activating group) is 1. The Morgan fingerprint density at radius 2 is 1.86 bits per heavy atom. The van der Waals surface area contributed by atoms with Crippen LogP contribution in [0.3, 0.4) is 0 Å². The number of benzene rings is 2. The van der Waals surface area contributed by atoms with E-state index in [9.17, 15) is 4.79 Å². The maximum atomic E-state index is 12.4. The van der Waals surface area contributed by atoms with Crippen molar-refractivity contribution in [3.63, 3.8) is 0 Å². The predicted molar refractivity (Wildman–Crippen MR) is 117 cm³/mol. The first-order valence-electron chi connectivity index (χ1n) is 10.3. The minimum atomic E-state index is -0.0705. The van der Waals surface area contributed by atoms with Crippen LogP contribution < -0.4 is 19.9 Å². The third kappa shape index (κ3) is 5.15. The zero-order valence-corrected chi connectivity index (χ0v) is 17.6. The first-order chi connectivity index (χ1) is 14.2. The topological polar surface area (TPSA) is 47.2 Å². The molecule has 1 aliphatic rings. The summed E-state index contributed by atoms with van der Waals surface area (Å²) < 4.78 is 5.74. The van der Waals surface area contributed by atoms with Crippen molar-refractivity contribution < 1.29 is 19.3 Å². The Hall–Kier alpha value is -2.41. The van der Waals surface area contributed by atoms with Crippen molar-refractivity contribution in [2.75, 3.05) is 46.4 Å². The van der Waals surface area contributed by atoms with Crippen molar-refractivity contribution in [3.05, 3.63) is 64.9 Å². The fourth-order valence-electron chi connectivity index (χ4n) is 3.96. The van der Waals surface area contributed by atoms with Crippen LogP contribution in [0.2, 0.25) is 0 Å². The smallest absolute Gasteiger partial charge is 0.258 e. The number of amides is 1. The molecule has 4 rings (SSSR count). The zero-order valence-electron chi connectivity index (χ0n) is 16.8. The first kappa shape index (κ1) is 19.9. The van der Waals surface area contributed by atoms with Gasteiger partial charge in [0.1, 0.15) is 38.0 Å². The molecule has 29 heavy (non-hydrogen) atoms. The normalized spacial score (nSPS) is 20.3. The zero-order chi connectivity index (χ0) is 20.1. The Kier molecular flexibility index (Phi) is 6.44. The lowest BCUT2D eigenvalue weighted by molar-refractivity contribution is -1.02. The standard InChI is InChI=1S/C23H27N3O2S/c1-25-10-12-26(13-11-25)21(22-7-4-14-29-22)16-24-23(27)17-28-20-9-8-18-5-2-3-6-19(18)15-20/h2-9,14-15,21H,10-13,16-17H2,1H3,(H,24,27)/p+2/t21-/m0/s1. The van der Waals surface area contributed by atoms with Crippen LogP contribution in [0, 0.1) is 0 Å². The van der Waals surface area contributed by atoms with Crippen molar-refractivity contribution in [3.8, 4) is 5.75 Å². The van der Waals surface area contributed by atoms with Gasteiger partial charge in [0, 0.05) is 0 Å². The molecule has 3 N–H and O–H groups in total. The van der Waals surface area contributed by atoms with E-state index in [4.69, 9.17) is 4.74 Å². The number of hydrogen-bond acceptors (Lipinski definition) is 3. The van der Waals surface area contributed by atoms with Crippen LogP contribution in [-0.4, -0.2) is 52.3 Å². The van der Waals surface area contributed by atoms with Gasteiger partial charge < -0.3 is 19.9 Å². The summed E-state index contributed by atoms with van der Waals surface area (Å²) in [7, 11) is 2.25. The second-order valence-electron chi connectivity index (χ2n) is 7.79. The molecule has 6 heteroatoms. The molecule has 152 valence electrons. The second-order valence-corrected chi connectivity index (χ2v) is 8.76. The second kappa shape index (κ2) is 9.39. The van der Waals surface area contributed by atoms with Gasteiger partial charge in [0.15, 0.2) is 6.61 Å². The largest absolute Gasteiger partial charge is 0.484 e. The average molecular weight is 412 g/mol. The average Bonchev–Trinajstić information content (AvgIpc) is 3.28. The quantitative estimate of drug-likeness (QED) is 0.532. The summed E-state index contributed by atoms with van der Waals surface area (Å²) in [5, 5.41) is 7.50. The van der Waals surface area contributed by atoms with Gasteiger partial charge in [-0.15, -0.1) is 11.3 Å². The molecule has 0 spiro atoms. The molecule has 5 nitrogen and oxygen atoms in total. The lowest BCUT2D eigenvalue weighted by Gasteiger charge is -2.33. The molecule has 0 aliphatic carbocycles. The molecule has 1 aliphatic heterocycles. The lowest BCUT2D eigenvalue weighted by atomic mass is 10.1. The van der Waals surface area contributed by atoms with E-state index in [1.165, 1.54) is 23.4 Å². The third-order valence-corrected chi connectivity index (χ3v) is 6.71. The van der Waals surface area contributed by atoms with E-state index >= 15 is 0 Å². The molecule has 0 bridgehead atoms. The molecule has 1 saturated heterocycles. The molecule has 3 aromatic rings. The molecule has 1 amide bonds. The third-order valence-electron chi connectivity index (χ3n) is 5.72. The van der Waals surface area contributed by atoms with Crippen LogP contribution in [0.5, 0.6) is 5.75 Å². The van der Waals surface area contributed by atoms with Gasteiger partial charge >= 0.3 is 0 Å². The van der Waals surface area contributed by atoms with Crippen LogP contribution in [0.25, 0.3) is 10.8 Å². The van der Waals surface area contributed by atoms with Gasteiger partial charge in [-0.2, -0.15) is 0 Å². The summed E-state index contributed by atoms with van der Waals surface area (Å²) in [6, 6.07) is 18.7. The summed E-state index contributed by atoms with van der Waals surface area (Å²) in [5.41, 5.74) is 0. The first-order valence-corrected chi connectivity index (χ1v) is 11.1. The van der Waals surface area contributed by atoms with Gasteiger partial charge in [-0.3, -0.25) is 4.79 Å². The van der Waals surface area contributed by atoms with Crippen molar-refractivity contribution in [1.29, 1.82) is 0 Å². The highest BCUT2D eigenvalue weighted by molar-refractivity contribution is 7.10. The summed E-state index contributed by atoms with van der Waals surface area (Å²) in [4.78, 5) is 16.9. The van der Waals surface area contributed by atoms with Gasteiger partial charge in [-0.05, 0) is 34.4 Å². The Morgan fingerprint density at radius 3 is 2.62 bits per heavy atom. The minimum Gasteiger partial charge on any atom is -0.484 e. The number of thiophene rings is 1. The van der Waals surface area contributed by atoms with Gasteiger partial charge in [-0.1, -0.05) is 36.4 Å². The van der Waals surface area contributed by atoms with Gasteiger partial charge in [0.05, 0.1) is 18.5 Å². The van der Waals surface area contributed by atoms with Crippen LogP contribution in [0.4, 0.5) is 0 Å². The highest BCUT2D eigenvalue weighted by Crippen LogP contribution is 2.20. The van der Waals surface area contributed by atoms with Crippen LogP contribution in [0.1, 0.15) is 10.9 Å². The van der Waals surface area contributed by atoms with Crippen molar-refractivity contribution >= 4 is 28.0 Å². The minimum absolute atomic E-state index is 0.0394. The molecular formula is C23H29N3O2S+2. The van der Waals surface area contributed by atoms with E-state index in [1.807, 2.05) is 30.3 Å².